The number of rotatable bonds is 5. The minimum absolute atomic E-state index is 0.159. The monoisotopic (exact) mass is 266 g/mol. The van der Waals surface area contributed by atoms with Crippen molar-refractivity contribution < 1.29 is 9.90 Å². The fourth-order valence-electron chi connectivity index (χ4n) is 2.19. The van der Waals surface area contributed by atoms with Gasteiger partial charge in [-0.3, -0.25) is 0 Å². The van der Waals surface area contributed by atoms with Crippen molar-refractivity contribution in [2.45, 2.75) is 24.0 Å². The molecule has 4 N–H and O–H groups in total. The van der Waals surface area contributed by atoms with E-state index in [1.165, 1.54) is 25.3 Å². The van der Waals surface area contributed by atoms with Crippen LogP contribution in [0.4, 0.5) is 11.4 Å². The lowest BCUT2D eigenvalue weighted by atomic mass is 9.84. The summed E-state index contributed by atoms with van der Waals surface area (Å²) in [6.45, 7) is 0.835. The van der Waals surface area contributed by atoms with Gasteiger partial charge in [0.05, 0.1) is 16.9 Å². The van der Waals surface area contributed by atoms with E-state index in [1.54, 1.807) is 6.07 Å². The van der Waals surface area contributed by atoms with Crippen LogP contribution in [0.1, 0.15) is 29.6 Å². The molecule has 1 fully saturated rings. The Labute approximate surface area is 111 Å². The zero-order valence-electron chi connectivity index (χ0n) is 10.4. The van der Waals surface area contributed by atoms with E-state index in [4.69, 9.17) is 10.8 Å². The molecular weight excluding hydrogens is 248 g/mol. The molecule has 18 heavy (non-hydrogen) atoms. The standard InChI is InChI=1S/C13H18N2O2S/c1-18-13(6-3-7-13)8-15-10-5-2-4-9(11(10)14)12(16)17/h2,4-5,15H,3,6-8,14H2,1H3,(H,16,17). The number of para-hydroxylation sites is 1. The molecule has 0 unspecified atom stereocenters. The molecule has 1 aromatic rings. The van der Waals surface area contributed by atoms with Crippen molar-refractivity contribution in [2.75, 3.05) is 23.9 Å². The summed E-state index contributed by atoms with van der Waals surface area (Å²) in [7, 11) is 0. The van der Waals surface area contributed by atoms with Crippen LogP contribution in [0.3, 0.4) is 0 Å². The molecule has 0 radical (unpaired) electrons. The summed E-state index contributed by atoms with van der Waals surface area (Å²) in [6, 6.07) is 5.07. The summed E-state index contributed by atoms with van der Waals surface area (Å²) in [5, 5.41) is 12.3. The Morgan fingerprint density at radius 3 is 2.78 bits per heavy atom. The molecule has 0 bridgehead atoms. The van der Waals surface area contributed by atoms with Gasteiger partial charge in [0.25, 0.3) is 0 Å². The van der Waals surface area contributed by atoms with Crippen LogP contribution >= 0.6 is 11.8 Å². The zero-order valence-corrected chi connectivity index (χ0v) is 11.2. The summed E-state index contributed by atoms with van der Waals surface area (Å²) in [5.41, 5.74) is 7.06. The Bertz CT molecular complexity index is 453. The van der Waals surface area contributed by atoms with E-state index in [1.807, 2.05) is 17.8 Å². The Hall–Kier alpha value is -1.36. The number of aromatic carboxylic acids is 1. The summed E-state index contributed by atoms with van der Waals surface area (Å²) < 4.78 is 0.297. The van der Waals surface area contributed by atoms with Gasteiger partial charge < -0.3 is 16.2 Å². The van der Waals surface area contributed by atoms with E-state index >= 15 is 0 Å². The minimum Gasteiger partial charge on any atom is -0.478 e. The minimum atomic E-state index is -0.987. The second kappa shape index (κ2) is 5.10. The molecule has 0 heterocycles. The first-order valence-corrected chi connectivity index (χ1v) is 7.21. The highest BCUT2D eigenvalue weighted by molar-refractivity contribution is 8.00. The number of nitrogens with two attached hydrogens (primary N) is 1. The maximum absolute atomic E-state index is 11.0. The Morgan fingerprint density at radius 1 is 1.56 bits per heavy atom. The third-order valence-corrected chi connectivity index (χ3v) is 5.05. The first-order chi connectivity index (χ1) is 8.58. The van der Waals surface area contributed by atoms with Gasteiger partial charge in [-0.2, -0.15) is 11.8 Å². The van der Waals surface area contributed by atoms with Crippen molar-refractivity contribution in [1.29, 1.82) is 0 Å². The fraction of sp³-hybridized carbons (Fsp3) is 0.462. The predicted octanol–water partition coefficient (Wildman–Crippen LogP) is 2.66. The average molecular weight is 266 g/mol. The first kappa shape index (κ1) is 13.1. The molecular formula is C13H18N2O2S. The van der Waals surface area contributed by atoms with Crippen molar-refractivity contribution in [3.8, 4) is 0 Å². The number of nitrogen functional groups attached to an aromatic ring is 1. The van der Waals surface area contributed by atoms with Crippen LogP contribution < -0.4 is 11.1 Å². The van der Waals surface area contributed by atoms with E-state index in [-0.39, 0.29) is 5.56 Å². The van der Waals surface area contributed by atoms with Crippen LogP contribution in [0, 0.1) is 0 Å². The van der Waals surface area contributed by atoms with Crippen molar-refractivity contribution in [3.63, 3.8) is 0 Å². The fourth-order valence-corrected chi connectivity index (χ4v) is 3.10. The lowest BCUT2D eigenvalue weighted by Gasteiger charge is -2.40. The third-order valence-electron chi connectivity index (χ3n) is 3.64. The molecule has 5 heteroatoms. The van der Waals surface area contributed by atoms with Gasteiger partial charge in [-0.05, 0) is 31.2 Å². The van der Waals surface area contributed by atoms with Gasteiger partial charge in [-0.25, -0.2) is 4.79 Å². The third kappa shape index (κ3) is 2.41. The van der Waals surface area contributed by atoms with Crippen LogP contribution in [-0.2, 0) is 0 Å². The number of carboxylic acids is 1. The quantitative estimate of drug-likeness (QED) is 0.714. The predicted molar refractivity (Wildman–Crippen MR) is 76.4 cm³/mol. The van der Waals surface area contributed by atoms with Gasteiger partial charge in [-0.15, -0.1) is 0 Å². The number of hydrogen-bond acceptors (Lipinski definition) is 4. The van der Waals surface area contributed by atoms with Crippen LogP contribution in [0.15, 0.2) is 18.2 Å². The second-order valence-electron chi connectivity index (χ2n) is 4.67. The molecule has 1 saturated carbocycles. The summed E-state index contributed by atoms with van der Waals surface area (Å²) in [5.74, 6) is -0.987. The maximum Gasteiger partial charge on any atom is 0.337 e. The molecule has 2 rings (SSSR count). The lowest BCUT2D eigenvalue weighted by Crippen LogP contribution is -2.40. The summed E-state index contributed by atoms with van der Waals surface area (Å²) in [6.07, 6.45) is 5.81. The second-order valence-corrected chi connectivity index (χ2v) is 5.94. The van der Waals surface area contributed by atoms with E-state index in [2.05, 4.69) is 11.6 Å². The van der Waals surface area contributed by atoms with Gasteiger partial charge in [0.15, 0.2) is 0 Å². The highest BCUT2D eigenvalue weighted by Crippen LogP contribution is 2.43. The molecule has 98 valence electrons. The molecule has 1 aliphatic carbocycles. The van der Waals surface area contributed by atoms with Gasteiger partial charge in [-0.1, -0.05) is 12.5 Å². The van der Waals surface area contributed by atoms with Gasteiger partial charge in [0, 0.05) is 11.3 Å². The first-order valence-electron chi connectivity index (χ1n) is 5.99. The largest absolute Gasteiger partial charge is 0.478 e. The Morgan fingerprint density at radius 2 is 2.28 bits per heavy atom. The molecule has 0 saturated heterocycles. The van der Waals surface area contributed by atoms with E-state index in [0.717, 1.165) is 12.2 Å². The average Bonchev–Trinajstić information content (AvgIpc) is 2.29. The SMILES string of the molecule is CSC1(CNc2cccc(C(=O)O)c2N)CCC1. The van der Waals surface area contributed by atoms with Gasteiger partial charge >= 0.3 is 5.97 Å². The van der Waals surface area contributed by atoms with Crippen LogP contribution in [0.2, 0.25) is 0 Å². The van der Waals surface area contributed by atoms with Crippen LogP contribution in [0.25, 0.3) is 0 Å². The van der Waals surface area contributed by atoms with Crippen LogP contribution in [0.5, 0.6) is 0 Å². The maximum atomic E-state index is 11.0. The summed E-state index contributed by atoms with van der Waals surface area (Å²) in [4.78, 5) is 11.0. The molecule has 4 nitrogen and oxygen atoms in total. The molecule has 0 amide bonds. The summed E-state index contributed by atoms with van der Waals surface area (Å²) >= 11 is 1.88. The number of anilines is 2. The number of benzene rings is 1. The molecule has 1 aliphatic rings. The topological polar surface area (TPSA) is 75.3 Å². The smallest absolute Gasteiger partial charge is 0.337 e. The molecule has 0 atom stereocenters. The molecule has 0 aromatic heterocycles. The van der Waals surface area contributed by atoms with Crippen molar-refractivity contribution in [1.82, 2.24) is 0 Å². The van der Waals surface area contributed by atoms with Crippen molar-refractivity contribution >= 4 is 29.1 Å². The Balaban J connectivity index is 2.10. The normalized spacial score (nSPS) is 16.9. The van der Waals surface area contributed by atoms with E-state index in [0.29, 0.717) is 10.4 Å². The zero-order chi connectivity index (χ0) is 13.2. The van der Waals surface area contributed by atoms with Gasteiger partial charge in [0.2, 0.25) is 0 Å². The van der Waals surface area contributed by atoms with Gasteiger partial charge in [0.1, 0.15) is 0 Å². The highest BCUT2D eigenvalue weighted by Gasteiger charge is 2.35. The number of carboxylic acid groups (broad SMARTS) is 1. The van der Waals surface area contributed by atoms with E-state index in [9.17, 15) is 4.79 Å². The number of hydrogen-bond donors (Lipinski definition) is 3. The van der Waals surface area contributed by atoms with E-state index < -0.39 is 5.97 Å². The Kier molecular flexibility index (Phi) is 3.71. The van der Waals surface area contributed by atoms with Crippen molar-refractivity contribution in [2.24, 2.45) is 0 Å². The highest BCUT2D eigenvalue weighted by atomic mass is 32.2. The number of nitrogens with one attached hydrogen (secondary N) is 1. The van der Waals surface area contributed by atoms with Crippen molar-refractivity contribution in [3.05, 3.63) is 23.8 Å². The lowest BCUT2D eigenvalue weighted by molar-refractivity contribution is 0.0698. The van der Waals surface area contributed by atoms with Crippen LogP contribution in [-0.4, -0.2) is 28.6 Å². The molecule has 0 spiro atoms. The number of thioether (sulfide) groups is 1. The molecule has 1 aromatic carbocycles. The number of carbonyl (C=O) groups is 1. The molecule has 0 aliphatic heterocycles.